The molecule has 238 valence electrons. The number of nitrogens with one attached hydrogen (secondary N) is 2. The molecule has 0 unspecified atom stereocenters. The van der Waals surface area contributed by atoms with Gasteiger partial charge in [0, 0.05) is 39.7 Å². The van der Waals surface area contributed by atoms with Crippen molar-refractivity contribution in [3.8, 4) is 27.9 Å². The van der Waals surface area contributed by atoms with E-state index in [-0.39, 0.29) is 5.96 Å². The van der Waals surface area contributed by atoms with Crippen LogP contribution in [0.15, 0.2) is 175 Å². The number of fused-ring (bicyclic) bond motifs is 7. The molecule has 5 nitrogen and oxygen atoms in total. The van der Waals surface area contributed by atoms with Crippen LogP contribution < -0.4 is 5.32 Å². The highest BCUT2D eigenvalue weighted by Gasteiger charge is 2.22. The maximum absolute atomic E-state index is 9.50. The fourth-order valence-corrected chi connectivity index (χ4v) is 7.39. The Morgan fingerprint density at radius 3 is 1.88 bits per heavy atom. The predicted molar refractivity (Wildman–Crippen MR) is 210 cm³/mol. The molecule has 0 aliphatic carbocycles. The zero-order chi connectivity index (χ0) is 33.6. The summed E-state index contributed by atoms with van der Waals surface area (Å²) in [6, 6.07) is 59.3. The molecule has 2 heterocycles. The van der Waals surface area contributed by atoms with Crippen molar-refractivity contribution in [3.63, 3.8) is 0 Å². The van der Waals surface area contributed by atoms with Crippen molar-refractivity contribution in [2.75, 3.05) is 7.05 Å². The molecule has 0 aliphatic heterocycles. The molecule has 50 heavy (non-hydrogen) atoms. The van der Waals surface area contributed by atoms with E-state index in [0.717, 1.165) is 66.0 Å². The average molecular weight is 644 g/mol. The number of nitrogens with zero attached hydrogens (tertiary/aromatic N) is 3. The van der Waals surface area contributed by atoms with Crippen LogP contribution in [0, 0.1) is 5.41 Å². The monoisotopic (exact) mass is 643 g/mol. The molecule has 2 aromatic heterocycles. The average Bonchev–Trinajstić information content (AvgIpc) is 3.71. The fraction of sp³-hybridized carbons (Fsp3) is 0.0222. The number of hydrogen-bond donors (Lipinski definition) is 2. The van der Waals surface area contributed by atoms with E-state index >= 15 is 0 Å². The van der Waals surface area contributed by atoms with Crippen LogP contribution in [0.25, 0.3) is 71.6 Å². The lowest BCUT2D eigenvalue weighted by molar-refractivity contribution is 1.13. The summed E-state index contributed by atoms with van der Waals surface area (Å²) < 4.78 is 4.39. The molecule has 0 fully saturated rings. The predicted octanol–water partition coefficient (Wildman–Crippen LogP) is 10.7. The SMILES string of the molecule is CN/C(=N\C(=N)n1c2ccccc2c2ccc3c(c4ccccc4n3-c3ccccc3-c3ccc(-c4ccccc4)cc3)c21)c1ccccc1. The molecule has 0 spiro atoms. The Morgan fingerprint density at radius 2 is 1.12 bits per heavy atom. The van der Waals surface area contributed by atoms with E-state index in [1.807, 2.05) is 54.1 Å². The normalized spacial score (nSPS) is 11.9. The highest BCUT2D eigenvalue weighted by atomic mass is 15.2. The maximum Gasteiger partial charge on any atom is 0.229 e. The third kappa shape index (κ3) is 4.71. The van der Waals surface area contributed by atoms with E-state index in [1.54, 1.807) is 0 Å². The summed E-state index contributed by atoms with van der Waals surface area (Å²) in [6.45, 7) is 0. The van der Waals surface area contributed by atoms with E-state index in [9.17, 15) is 5.41 Å². The van der Waals surface area contributed by atoms with E-state index in [4.69, 9.17) is 4.99 Å². The van der Waals surface area contributed by atoms with Gasteiger partial charge in [0.05, 0.1) is 27.8 Å². The molecule has 0 saturated heterocycles. The minimum Gasteiger partial charge on any atom is -0.373 e. The second-order valence-corrected chi connectivity index (χ2v) is 12.4. The Balaban J connectivity index is 1.30. The van der Waals surface area contributed by atoms with Crippen LogP contribution in [0.3, 0.4) is 0 Å². The van der Waals surface area contributed by atoms with Crippen molar-refractivity contribution in [3.05, 3.63) is 175 Å². The third-order valence-corrected chi connectivity index (χ3v) is 9.63. The molecular formula is C45H33N5. The lowest BCUT2D eigenvalue weighted by Crippen LogP contribution is -2.22. The lowest BCUT2D eigenvalue weighted by atomic mass is 9.99. The summed E-state index contributed by atoms with van der Waals surface area (Å²) in [5, 5.41) is 17.1. The van der Waals surface area contributed by atoms with Gasteiger partial charge in [-0.2, -0.15) is 4.99 Å². The summed E-state index contributed by atoms with van der Waals surface area (Å²) >= 11 is 0. The summed E-state index contributed by atoms with van der Waals surface area (Å²) in [7, 11) is 1.85. The summed E-state index contributed by atoms with van der Waals surface area (Å²) in [5.41, 5.74) is 10.8. The number of aliphatic imine (C=N–C) groups is 1. The Labute approximate surface area is 289 Å². The van der Waals surface area contributed by atoms with Crippen LogP contribution in [-0.4, -0.2) is 28.0 Å². The molecule has 0 amide bonds. The first-order valence-electron chi connectivity index (χ1n) is 16.8. The van der Waals surface area contributed by atoms with E-state index in [2.05, 4.69) is 137 Å². The number of hydrogen-bond acceptors (Lipinski definition) is 1. The smallest absolute Gasteiger partial charge is 0.229 e. The summed E-state index contributed by atoms with van der Waals surface area (Å²) in [5.74, 6) is 0.788. The van der Waals surface area contributed by atoms with Crippen LogP contribution in [-0.2, 0) is 0 Å². The molecule has 0 saturated carbocycles. The van der Waals surface area contributed by atoms with E-state index in [0.29, 0.717) is 5.84 Å². The molecule has 0 aliphatic rings. The van der Waals surface area contributed by atoms with Crippen molar-refractivity contribution in [1.29, 1.82) is 5.41 Å². The quantitative estimate of drug-likeness (QED) is 0.146. The van der Waals surface area contributed by atoms with Crippen molar-refractivity contribution in [2.45, 2.75) is 0 Å². The van der Waals surface area contributed by atoms with Gasteiger partial charge in [-0.3, -0.25) is 9.98 Å². The van der Waals surface area contributed by atoms with Gasteiger partial charge in [-0.25, -0.2) is 0 Å². The number of rotatable bonds is 4. The van der Waals surface area contributed by atoms with Gasteiger partial charge in [0.2, 0.25) is 5.96 Å². The van der Waals surface area contributed by atoms with Gasteiger partial charge >= 0.3 is 0 Å². The van der Waals surface area contributed by atoms with Crippen molar-refractivity contribution in [1.82, 2.24) is 14.5 Å². The largest absolute Gasteiger partial charge is 0.373 e. The summed E-state index contributed by atoms with van der Waals surface area (Å²) in [6.07, 6.45) is 0. The van der Waals surface area contributed by atoms with Gasteiger partial charge in [-0.05, 0) is 41.0 Å². The standard InChI is InChI=1S/C45H33N5/c1-47-44(33-16-6-3-7-17-33)48-45(46)50-39-22-12-9-19-35(39)36-28-29-41-42(43(36)50)37-20-10-13-23-40(37)49(41)38-21-11-8-18-34(38)32-26-24-31(25-27-32)30-14-4-2-5-15-30/h2-29H,1H3,(H2,46,47,48). The molecule has 5 heteroatoms. The van der Waals surface area contributed by atoms with Gasteiger partial charge in [0.15, 0.2) is 0 Å². The van der Waals surface area contributed by atoms with Crippen LogP contribution in [0.1, 0.15) is 5.56 Å². The Hall–Kier alpha value is -6.72. The van der Waals surface area contributed by atoms with Crippen LogP contribution in [0.2, 0.25) is 0 Å². The number of para-hydroxylation sites is 3. The number of amidine groups is 1. The van der Waals surface area contributed by atoms with E-state index in [1.165, 1.54) is 11.1 Å². The fourth-order valence-electron chi connectivity index (χ4n) is 7.39. The molecule has 9 rings (SSSR count). The van der Waals surface area contributed by atoms with Gasteiger partial charge < -0.3 is 9.88 Å². The lowest BCUT2D eigenvalue weighted by Gasteiger charge is -2.15. The minimum absolute atomic E-state index is 0.146. The first kappa shape index (κ1) is 29.4. The zero-order valence-corrected chi connectivity index (χ0v) is 27.5. The number of aromatic nitrogens is 2. The maximum atomic E-state index is 9.50. The molecule has 7 aromatic carbocycles. The Bertz CT molecular complexity index is 2730. The first-order valence-corrected chi connectivity index (χ1v) is 16.8. The van der Waals surface area contributed by atoms with Crippen molar-refractivity contribution in [2.24, 2.45) is 4.99 Å². The second kappa shape index (κ2) is 12.1. The third-order valence-electron chi connectivity index (χ3n) is 9.63. The van der Waals surface area contributed by atoms with Gasteiger partial charge in [0.1, 0.15) is 5.84 Å². The zero-order valence-electron chi connectivity index (χ0n) is 27.5. The topological polar surface area (TPSA) is 58.1 Å². The molecule has 2 N–H and O–H groups in total. The Morgan fingerprint density at radius 1 is 0.520 bits per heavy atom. The van der Waals surface area contributed by atoms with Crippen LogP contribution in [0.4, 0.5) is 0 Å². The highest BCUT2D eigenvalue weighted by Crippen LogP contribution is 2.42. The molecule has 0 radical (unpaired) electrons. The second-order valence-electron chi connectivity index (χ2n) is 12.4. The molecular weight excluding hydrogens is 611 g/mol. The molecule has 0 atom stereocenters. The molecule has 9 aromatic rings. The van der Waals surface area contributed by atoms with Crippen LogP contribution in [0.5, 0.6) is 0 Å². The summed E-state index contributed by atoms with van der Waals surface area (Å²) in [4.78, 5) is 4.89. The first-order chi connectivity index (χ1) is 24.7. The van der Waals surface area contributed by atoms with Crippen molar-refractivity contribution >= 4 is 55.4 Å². The van der Waals surface area contributed by atoms with E-state index < -0.39 is 0 Å². The minimum atomic E-state index is 0.146. The number of benzene rings is 7. The van der Waals surface area contributed by atoms with Gasteiger partial charge in [-0.1, -0.05) is 146 Å². The highest BCUT2D eigenvalue weighted by molar-refractivity contribution is 6.28. The van der Waals surface area contributed by atoms with Crippen molar-refractivity contribution < 1.29 is 0 Å². The van der Waals surface area contributed by atoms with Gasteiger partial charge in [0.25, 0.3) is 0 Å². The molecule has 0 bridgehead atoms. The van der Waals surface area contributed by atoms with Gasteiger partial charge in [-0.15, -0.1) is 0 Å². The van der Waals surface area contributed by atoms with Crippen LogP contribution >= 0.6 is 0 Å². The Kier molecular flexibility index (Phi) is 7.10.